The van der Waals surface area contributed by atoms with Crippen LogP contribution >= 0.6 is 0 Å². The summed E-state index contributed by atoms with van der Waals surface area (Å²) in [6.07, 6.45) is 1.56. The second kappa shape index (κ2) is 7.92. The molecule has 2 aromatic rings. The van der Waals surface area contributed by atoms with Gasteiger partial charge < -0.3 is 14.8 Å². The van der Waals surface area contributed by atoms with E-state index in [2.05, 4.69) is 19.2 Å². The SMILES string of the molecule is CC(C)CC(CCO)CNC(=O)c1cc(=O)c2ccccc2o1. The summed E-state index contributed by atoms with van der Waals surface area (Å²) in [5.74, 6) is 0.304. The van der Waals surface area contributed by atoms with Crippen LogP contribution < -0.4 is 10.7 Å². The highest BCUT2D eigenvalue weighted by atomic mass is 16.3. The third-order valence-corrected chi connectivity index (χ3v) is 3.75. The van der Waals surface area contributed by atoms with Gasteiger partial charge in [0.25, 0.3) is 5.91 Å². The fraction of sp³-hybridized carbons (Fsp3) is 0.444. The highest BCUT2D eigenvalue weighted by Gasteiger charge is 2.15. The van der Waals surface area contributed by atoms with E-state index in [1.165, 1.54) is 6.07 Å². The number of para-hydroxylation sites is 1. The Balaban J connectivity index is 2.09. The van der Waals surface area contributed by atoms with E-state index in [9.17, 15) is 9.59 Å². The molecule has 124 valence electrons. The second-order valence-corrected chi connectivity index (χ2v) is 6.19. The molecule has 0 aliphatic rings. The van der Waals surface area contributed by atoms with E-state index in [0.717, 1.165) is 6.42 Å². The van der Waals surface area contributed by atoms with Crippen molar-refractivity contribution in [3.05, 3.63) is 46.3 Å². The first-order valence-corrected chi connectivity index (χ1v) is 7.93. The van der Waals surface area contributed by atoms with Gasteiger partial charge in [0.15, 0.2) is 11.2 Å². The summed E-state index contributed by atoms with van der Waals surface area (Å²) in [6, 6.07) is 8.07. The molecule has 0 bridgehead atoms. The minimum Gasteiger partial charge on any atom is -0.451 e. The van der Waals surface area contributed by atoms with Gasteiger partial charge in [-0.2, -0.15) is 0 Å². The summed E-state index contributed by atoms with van der Waals surface area (Å²) in [5, 5.41) is 12.4. The van der Waals surface area contributed by atoms with Crippen LogP contribution in [0.4, 0.5) is 0 Å². The van der Waals surface area contributed by atoms with Crippen molar-refractivity contribution in [2.75, 3.05) is 13.2 Å². The van der Waals surface area contributed by atoms with Crippen LogP contribution in [0.3, 0.4) is 0 Å². The Morgan fingerprint density at radius 3 is 2.74 bits per heavy atom. The molecule has 0 fully saturated rings. The number of hydrogen-bond acceptors (Lipinski definition) is 4. The van der Waals surface area contributed by atoms with Gasteiger partial charge in [0.2, 0.25) is 0 Å². The predicted molar refractivity (Wildman–Crippen MR) is 89.5 cm³/mol. The Labute approximate surface area is 135 Å². The summed E-state index contributed by atoms with van der Waals surface area (Å²) in [5.41, 5.74) is 0.172. The molecule has 0 saturated carbocycles. The highest BCUT2D eigenvalue weighted by molar-refractivity contribution is 5.93. The van der Waals surface area contributed by atoms with Crippen LogP contribution in [0, 0.1) is 11.8 Å². The molecule has 0 spiro atoms. The first-order chi connectivity index (χ1) is 11.0. The molecule has 1 heterocycles. The van der Waals surface area contributed by atoms with Gasteiger partial charge in [-0.1, -0.05) is 26.0 Å². The van der Waals surface area contributed by atoms with Gasteiger partial charge in [-0.3, -0.25) is 9.59 Å². The minimum absolute atomic E-state index is 0.0148. The van der Waals surface area contributed by atoms with Gasteiger partial charge in [0.05, 0.1) is 5.39 Å². The smallest absolute Gasteiger partial charge is 0.287 e. The minimum atomic E-state index is -0.403. The molecule has 2 N–H and O–H groups in total. The number of carbonyl (C=O) groups is 1. The first-order valence-electron chi connectivity index (χ1n) is 7.93. The van der Waals surface area contributed by atoms with Gasteiger partial charge in [-0.25, -0.2) is 0 Å². The first kappa shape index (κ1) is 17.2. The van der Waals surface area contributed by atoms with Gasteiger partial charge >= 0.3 is 0 Å². The standard InChI is InChI=1S/C18H23NO4/c1-12(2)9-13(7-8-20)11-19-18(22)17-10-15(21)14-5-3-4-6-16(14)23-17/h3-6,10,12-13,20H,7-9,11H2,1-2H3,(H,19,22). The molecule has 1 aromatic heterocycles. The molecule has 1 unspecified atom stereocenters. The van der Waals surface area contributed by atoms with E-state index in [0.29, 0.717) is 29.9 Å². The molecule has 5 heteroatoms. The van der Waals surface area contributed by atoms with Crippen molar-refractivity contribution >= 4 is 16.9 Å². The summed E-state index contributed by atoms with van der Waals surface area (Å²) in [4.78, 5) is 24.2. The van der Waals surface area contributed by atoms with Crippen molar-refractivity contribution in [3.63, 3.8) is 0 Å². The van der Waals surface area contributed by atoms with Crippen molar-refractivity contribution in [1.82, 2.24) is 5.32 Å². The summed E-state index contributed by atoms with van der Waals surface area (Å²) < 4.78 is 5.52. The van der Waals surface area contributed by atoms with Crippen LogP contribution in [-0.4, -0.2) is 24.2 Å². The van der Waals surface area contributed by atoms with Gasteiger partial charge in [-0.15, -0.1) is 0 Å². The van der Waals surface area contributed by atoms with Crippen LogP contribution in [0.1, 0.15) is 37.2 Å². The number of aliphatic hydroxyl groups excluding tert-OH is 1. The van der Waals surface area contributed by atoms with E-state index in [1.807, 2.05) is 0 Å². The molecule has 0 aliphatic heterocycles. The highest BCUT2D eigenvalue weighted by Crippen LogP contribution is 2.15. The predicted octanol–water partition coefficient (Wildman–Crippen LogP) is 2.57. The van der Waals surface area contributed by atoms with Crippen molar-refractivity contribution in [3.8, 4) is 0 Å². The summed E-state index contributed by atoms with van der Waals surface area (Å²) in [7, 11) is 0. The maximum atomic E-state index is 12.2. The topological polar surface area (TPSA) is 79.5 Å². The maximum Gasteiger partial charge on any atom is 0.287 e. The van der Waals surface area contributed by atoms with Crippen molar-refractivity contribution in [2.45, 2.75) is 26.7 Å². The van der Waals surface area contributed by atoms with E-state index in [-0.39, 0.29) is 23.7 Å². The number of carbonyl (C=O) groups excluding carboxylic acids is 1. The average Bonchev–Trinajstić information content (AvgIpc) is 2.52. The Morgan fingerprint density at radius 1 is 1.30 bits per heavy atom. The van der Waals surface area contributed by atoms with Crippen LogP contribution in [0.25, 0.3) is 11.0 Å². The van der Waals surface area contributed by atoms with Gasteiger partial charge in [0.1, 0.15) is 5.58 Å². The quantitative estimate of drug-likeness (QED) is 0.822. The number of nitrogens with one attached hydrogen (secondary N) is 1. The molecule has 1 aromatic carbocycles. The Kier molecular flexibility index (Phi) is 5.93. The average molecular weight is 317 g/mol. The molecule has 0 saturated heterocycles. The number of hydrogen-bond donors (Lipinski definition) is 2. The molecule has 1 amide bonds. The Morgan fingerprint density at radius 2 is 2.04 bits per heavy atom. The van der Waals surface area contributed by atoms with Crippen LogP contribution in [-0.2, 0) is 0 Å². The Hall–Kier alpha value is -2.14. The van der Waals surface area contributed by atoms with Gasteiger partial charge in [0, 0.05) is 19.2 Å². The van der Waals surface area contributed by atoms with Crippen LogP contribution in [0.2, 0.25) is 0 Å². The Bertz CT molecular complexity index is 720. The third-order valence-electron chi connectivity index (χ3n) is 3.75. The fourth-order valence-corrected chi connectivity index (χ4v) is 2.69. The lowest BCUT2D eigenvalue weighted by atomic mass is 9.94. The van der Waals surface area contributed by atoms with Gasteiger partial charge in [-0.05, 0) is 36.8 Å². The number of rotatable bonds is 7. The number of aliphatic hydroxyl groups is 1. The lowest BCUT2D eigenvalue weighted by Crippen LogP contribution is -2.31. The molecule has 0 radical (unpaired) electrons. The van der Waals surface area contributed by atoms with E-state index < -0.39 is 5.91 Å². The largest absolute Gasteiger partial charge is 0.451 e. The van der Waals surface area contributed by atoms with E-state index in [1.54, 1.807) is 24.3 Å². The lowest BCUT2D eigenvalue weighted by Gasteiger charge is -2.18. The zero-order valence-corrected chi connectivity index (χ0v) is 13.5. The summed E-state index contributed by atoms with van der Waals surface area (Å²) in [6.45, 7) is 4.76. The summed E-state index contributed by atoms with van der Waals surface area (Å²) >= 11 is 0. The molecule has 5 nitrogen and oxygen atoms in total. The second-order valence-electron chi connectivity index (χ2n) is 6.19. The lowest BCUT2D eigenvalue weighted by molar-refractivity contribution is 0.0914. The van der Waals surface area contributed by atoms with Crippen molar-refractivity contribution in [2.24, 2.45) is 11.8 Å². The maximum absolute atomic E-state index is 12.2. The number of fused-ring (bicyclic) bond motifs is 1. The zero-order chi connectivity index (χ0) is 16.8. The third kappa shape index (κ3) is 4.66. The monoisotopic (exact) mass is 317 g/mol. The van der Waals surface area contributed by atoms with E-state index in [4.69, 9.17) is 9.52 Å². The normalized spacial score (nSPS) is 12.5. The van der Waals surface area contributed by atoms with Crippen molar-refractivity contribution in [1.29, 1.82) is 0 Å². The van der Waals surface area contributed by atoms with Crippen LogP contribution in [0.5, 0.6) is 0 Å². The molecule has 2 rings (SSSR count). The molecular formula is C18H23NO4. The number of benzene rings is 1. The molecule has 23 heavy (non-hydrogen) atoms. The fourth-order valence-electron chi connectivity index (χ4n) is 2.69. The molecule has 1 atom stereocenters. The zero-order valence-electron chi connectivity index (χ0n) is 13.5. The van der Waals surface area contributed by atoms with Crippen LogP contribution in [0.15, 0.2) is 39.5 Å². The van der Waals surface area contributed by atoms with E-state index >= 15 is 0 Å². The van der Waals surface area contributed by atoms with Crippen molar-refractivity contribution < 1.29 is 14.3 Å². The molecular weight excluding hydrogens is 294 g/mol. The number of amides is 1. The molecule has 0 aliphatic carbocycles.